The van der Waals surface area contributed by atoms with Crippen LogP contribution in [0.1, 0.15) is 52.9 Å². The fraction of sp³-hybridized carbons (Fsp3) is 1.00. The average molecular weight is 271 g/mol. The van der Waals surface area contributed by atoms with Gasteiger partial charge in [0.05, 0.1) is 6.10 Å². The van der Waals surface area contributed by atoms with Gasteiger partial charge in [0.15, 0.2) is 0 Å². The molecule has 2 nitrogen and oxygen atoms in total. The van der Waals surface area contributed by atoms with E-state index in [0.29, 0.717) is 17.6 Å². The molecule has 0 aromatic carbocycles. The molecule has 0 aromatic rings. The van der Waals surface area contributed by atoms with E-state index in [1.807, 2.05) is 0 Å². The van der Waals surface area contributed by atoms with Crippen molar-refractivity contribution in [3.05, 3.63) is 0 Å². The van der Waals surface area contributed by atoms with E-state index < -0.39 is 0 Å². The smallest absolute Gasteiger partial charge is 0.0666 e. The van der Waals surface area contributed by atoms with Crippen LogP contribution in [-0.4, -0.2) is 36.3 Å². The first-order valence-electron chi connectivity index (χ1n) is 7.60. The van der Waals surface area contributed by atoms with E-state index in [4.69, 9.17) is 4.74 Å². The lowest BCUT2D eigenvalue weighted by Crippen LogP contribution is -2.51. The van der Waals surface area contributed by atoms with Gasteiger partial charge in [-0.05, 0) is 37.6 Å². The fourth-order valence-corrected chi connectivity index (χ4v) is 5.11. The van der Waals surface area contributed by atoms with Crippen LogP contribution >= 0.6 is 11.8 Å². The van der Waals surface area contributed by atoms with E-state index >= 15 is 0 Å². The lowest BCUT2D eigenvalue weighted by molar-refractivity contribution is 0.128. The molecule has 1 aliphatic carbocycles. The van der Waals surface area contributed by atoms with E-state index in [9.17, 15) is 0 Å². The summed E-state index contributed by atoms with van der Waals surface area (Å²) in [7, 11) is 0. The van der Waals surface area contributed by atoms with Crippen molar-refractivity contribution in [2.75, 3.05) is 18.9 Å². The third-order valence-corrected chi connectivity index (χ3v) is 5.97. The molecule has 2 rings (SSSR count). The Morgan fingerprint density at radius 3 is 2.78 bits per heavy atom. The lowest BCUT2D eigenvalue weighted by atomic mass is 9.73. The van der Waals surface area contributed by atoms with Crippen LogP contribution in [0, 0.1) is 5.41 Å². The molecule has 0 amide bonds. The van der Waals surface area contributed by atoms with Crippen LogP contribution in [0.3, 0.4) is 0 Å². The molecule has 1 N–H and O–H groups in total. The van der Waals surface area contributed by atoms with Gasteiger partial charge in [0.1, 0.15) is 0 Å². The molecule has 2 aliphatic rings. The molecule has 0 aromatic heterocycles. The third kappa shape index (κ3) is 3.64. The number of thioether (sulfide) groups is 1. The SMILES string of the molecule is CCNC1C(SCC2CCCO2)CCCC1(C)C. The van der Waals surface area contributed by atoms with E-state index in [0.717, 1.165) is 18.4 Å². The summed E-state index contributed by atoms with van der Waals surface area (Å²) >= 11 is 2.16. The molecule has 18 heavy (non-hydrogen) atoms. The van der Waals surface area contributed by atoms with Crippen molar-refractivity contribution in [2.24, 2.45) is 5.41 Å². The van der Waals surface area contributed by atoms with Crippen molar-refractivity contribution < 1.29 is 4.74 Å². The van der Waals surface area contributed by atoms with Crippen LogP contribution in [0.5, 0.6) is 0 Å². The summed E-state index contributed by atoms with van der Waals surface area (Å²) in [6, 6.07) is 0.669. The molecule has 106 valence electrons. The Bertz CT molecular complexity index is 251. The maximum atomic E-state index is 5.75. The highest BCUT2D eigenvalue weighted by Crippen LogP contribution is 2.41. The quantitative estimate of drug-likeness (QED) is 0.827. The Kier molecular flexibility index (Phi) is 5.40. The molecule has 1 saturated heterocycles. The standard InChI is InChI=1S/C15H29NOS/c1-4-16-14-13(8-5-9-15(14,2)3)18-11-12-7-6-10-17-12/h12-14,16H,4-11H2,1-3H3. The van der Waals surface area contributed by atoms with Crippen LogP contribution in [0.25, 0.3) is 0 Å². The normalized spacial score (nSPS) is 35.8. The Hall–Kier alpha value is 0.270. The van der Waals surface area contributed by atoms with Crippen molar-refractivity contribution in [1.82, 2.24) is 5.32 Å². The van der Waals surface area contributed by atoms with Gasteiger partial charge < -0.3 is 10.1 Å². The highest BCUT2D eigenvalue weighted by molar-refractivity contribution is 8.00. The maximum absolute atomic E-state index is 5.75. The topological polar surface area (TPSA) is 21.3 Å². The summed E-state index contributed by atoms with van der Waals surface area (Å²) in [4.78, 5) is 0. The van der Waals surface area contributed by atoms with Crippen LogP contribution in [0.2, 0.25) is 0 Å². The molecule has 0 spiro atoms. The van der Waals surface area contributed by atoms with Crippen molar-refractivity contribution >= 4 is 11.8 Å². The summed E-state index contributed by atoms with van der Waals surface area (Å²) in [5, 5.41) is 4.51. The summed E-state index contributed by atoms with van der Waals surface area (Å²) in [6.45, 7) is 9.16. The first-order valence-corrected chi connectivity index (χ1v) is 8.65. The highest BCUT2D eigenvalue weighted by Gasteiger charge is 2.38. The zero-order valence-corrected chi connectivity index (χ0v) is 13.0. The average Bonchev–Trinajstić information content (AvgIpc) is 2.83. The van der Waals surface area contributed by atoms with E-state index in [2.05, 4.69) is 37.8 Å². The largest absolute Gasteiger partial charge is 0.377 e. The van der Waals surface area contributed by atoms with Gasteiger partial charge in [-0.15, -0.1) is 0 Å². The molecule has 3 unspecified atom stereocenters. The van der Waals surface area contributed by atoms with Gasteiger partial charge in [-0.3, -0.25) is 0 Å². The lowest BCUT2D eigenvalue weighted by Gasteiger charge is -2.44. The zero-order chi connectivity index (χ0) is 13.0. The molecule has 1 heterocycles. The molecular formula is C15H29NOS. The molecular weight excluding hydrogens is 242 g/mol. The molecule has 1 aliphatic heterocycles. The van der Waals surface area contributed by atoms with E-state index in [1.165, 1.54) is 37.9 Å². The predicted octanol–water partition coefficient (Wildman–Crippen LogP) is 3.46. The van der Waals surface area contributed by atoms with Crippen molar-refractivity contribution in [2.45, 2.75) is 70.3 Å². The third-order valence-electron chi connectivity index (χ3n) is 4.47. The van der Waals surface area contributed by atoms with E-state index in [-0.39, 0.29) is 0 Å². The van der Waals surface area contributed by atoms with Crippen molar-refractivity contribution in [3.8, 4) is 0 Å². The van der Waals surface area contributed by atoms with Crippen LogP contribution < -0.4 is 5.32 Å². The van der Waals surface area contributed by atoms with E-state index in [1.54, 1.807) is 0 Å². The molecule has 1 saturated carbocycles. The second-order valence-corrected chi connectivity index (χ2v) is 7.70. The van der Waals surface area contributed by atoms with Gasteiger partial charge >= 0.3 is 0 Å². The molecule has 3 heteroatoms. The van der Waals surface area contributed by atoms with Crippen LogP contribution in [-0.2, 0) is 4.74 Å². The highest BCUT2D eigenvalue weighted by atomic mass is 32.2. The van der Waals surface area contributed by atoms with Gasteiger partial charge in [0, 0.05) is 23.7 Å². The summed E-state index contributed by atoms with van der Waals surface area (Å²) in [5.74, 6) is 1.20. The number of rotatable bonds is 5. The van der Waals surface area contributed by atoms with Crippen LogP contribution in [0.4, 0.5) is 0 Å². The monoisotopic (exact) mass is 271 g/mol. The molecule has 0 bridgehead atoms. The minimum absolute atomic E-state index is 0.447. The Labute approximate surface area is 117 Å². The summed E-state index contributed by atoms with van der Waals surface area (Å²) in [5.41, 5.74) is 0.447. The molecule has 0 radical (unpaired) electrons. The number of ether oxygens (including phenoxy) is 1. The second kappa shape index (κ2) is 6.62. The first-order chi connectivity index (χ1) is 8.63. The van der Waals surface area contributed by atoms with Gasteiger partial charge in [-0.25, -0.2) is 0 Å². The fourth-order valence-electron chi connectivity index (χ4n) is 3.40. The van der Waals surface area contributed by atoms with Gasteiger partial charge in [-0.2, -0.15) is 11.8 Å². The molecule has 2 fully saturated rings. The van der Waals surface area contributed by atoms with Crippen molar-refractivity contribution in [1.29, 1.82) is 0 Å². The molecule has 3 atom stereocenters. The number of hydrogen-bond acceptors (Lipinski definition) is 3. The van der Waals surface area contributed by atoms with Gasteiger partial charge in [-0.1, -0.05) is 27.2 Å². The zero-order valence-electron chi connectivity index (χ0n) is 12.2. The minimum atomic E-state index is 0.447. The Morgan fingerprint density at radius 2 is 2.11 bits per heavy atom. The van der Waals surface area contributed by atoms with Crippen molar-refractivity contribution in [3.63, 3.8) is 0 Å². The minimum Gasteiger partial charge on any atom is -0.377 e. The first kappa shape index (κ1) is 14.7. The van der Waals surface area contributed by atoms with Gasteiger partial charge in [0.2, 0.25) is 0 Å². The number of nitrogens with one attached hydrogen (secondary N) is 1. The summed E-state index contributed by atoms with van der Waals surface area (Å²) in [6.07, 6.45) is 7.19. The summed E-state index contributed by atoms with van der Waals surface area (Å²) < 4.78 is 5.75. The predicted molar refractivity (Wildman–Crippen MR) is 80.3 cm³/mol. The second-order valence-electron chi connectivity index (χ2n) is 6.42. The Morgan fingerprint density at radius 1 is 1.28 bits per heavy atom. The Balaban J connectivity index is 1.87. The van der Waals surface area contributed by atoms with Gasteiger partial charge in [0.25, 0.3) is 0 Å². The number of hydrogen-bond donors (Lipinski definition) is 1. The van der Waals surface area contributed by atoms with Crippen LogP contribution in [0.15, 0.2) is 0 Å². The maximum Gasteiger partial charge on any atom is 0.0666 e.